The van der Waals surface area contributed by atoms with E-state index < -0.39 is 0 Å². The number of carbonyl (C=O) groups excluding carboxylic acids is 2. The molecule has 0 atom stereocenters. The third kappa shape index (κ3) is 3.45. The summed E-state index contributed by atoms with van der Waals surface area (Å²) in [4.78, 5) is 29.5. The van der Waals surface area contributed by atoms with Crippen LogP contribution in [0.1, 0.15) is 20.0 Å². The largest absolute Gasteiger partial charge is 0.497 e. The first-order valence-electron chi connectivity index (χ1n) is 8.97. The van der Waals surface area contributed by atoms with Crippen LogP contribution in [-0.2, 0) is 0 Å². The van der Waals surface area contributed by atoms with Gasteiger partial charge in [-0.15, -0.1) is 11.3 Å². The van der Waals surface area contributed by atoms with Crippen molar-refractivity contribution in [1.29, 1.82) is 0 Å². The zero-order valence-electron chi connectivity index (χ0n) is 15.4. The highest BCUT2D eigenvalue weighted by molar-refractivity contribution is 7.20. The molecule has 0 bridgehead atoms. The van der Waals surface area contributed by atoms with Gasteiger partial charge in [-0.25, -0.2) is 4.39 Å². The average molecular weight is 398 g/mol. The van der Waals surface area contributed by atoms with Gasteiger partial charge in [-0.05, 0) is 36.4 Å². The van der Waals surface area contributed by atoms with E-state index in [0.29, 0.717) is 47.8 Å². The van der Waals surface area contributed by atoms with E-state index in [2.05, 4.69) is 0 Å². The monoisotopic (exact) mass is 398 g/mol. The second-order valence-corrected chi connectivity index (χ2v) is 7.66. The summed E-state index contributed by atoms with van der Waals surface area (Å²) in [7, 11) is 1.56. The van der Waals surface area contributed by atoms with Crippen molar-refractivity contribution in [3.05, 3.63) is 64.8 Å². The lowest BCUT2D eigenvalue weighted by Crippen LogP contribution is -2.50. The van der Waals surface area contributed by atoms with Crippen molar-refractivity contribution >= 4 is 33.2 Å². The van der Waals surface area contributed by atoms with Crippen LogP contribution in [0.25, 0.3) is 10.1 Å². The first-order valence-corrected chi connectivity index (χ1v) is 9.79. The summed E-state index contributed by atoms with van der Waals surface area (Å²) in [6.07, 6.45) is 0. The zero-order valence-corrected chi connectivity index (χ0v) is 16.2. The van der Waals surface area contributed by atoms with Crippen LogP contribution >= 0.6 is 11.3 Å². The zero-order chi connectivity index (χ0) is 19.7. The topological polar surface area (TPSA) is 49.9 Å². The minimum atomic E-state index is -0.318. The summed E-state index contributed by atoms with van der Waals surface area (Å²) in [5, 5.41) is 0.475. The fourth-order valence-corrected chi connectivity index (χ4v) is 4.38. The number of piperazine rings is 1. The SMILES string of the molecule is COc1cccc(C(=O)N2CCN(C(=O)c3cc4c(F)cccc4s3)CC2)c1. The van der Waals surface area contributed by atoms with Crippen molar-refractivity contribution in [1.82, 2.24) is 9.80 Å². The van der Waals surface area contributed by atoms with Crippen LogP contribution in [0.2, 0.25) is 0 Å². The van der Waals surface area contributed by atoms with Crippen LogP contribution in [0, 0.1) is 5.82 Å². The van der Waals surface area contributed by atoms with Gasteiger partial charge >= 0.3 is 0 Å². The van der Waals surface area contributed by atoms with E-state index in [1.165, 1.54) is 17.4 Å². The van der Waals surface area contributed by atoms with Gasteiger partial charge in [-0.3, -0.25) is 9.59 Å². The Labute approximate surface area is 165 Å². The Morgan fingerprint density at radius 2 is 1.64 bits per heavy atom. The second kappa shape index (κ2) is 7.59. The average Bonchev–Trinajstić information content (AvgIpc) is 3.18. The number of hydrogen-bond acceptors (Lipinski definition) is 4. The molecule has 2 amide bonds. The third-order valence-corrected chi connectivity index (χ3v) is 5.98. The van der Waals surface area contributed by atoms with Crippen molar-refractivity contribution in [2.75, 3.05) is 33.3 Å². The lowest BCUT2D eigenvalue weighted by molar-refractivity contribution is 0.0538. The summed E-state index contributed by atoms with van der Waals surface area (Å²) < 4.78 is 19.8. The van der Waals surface area contributed by atoms with Crippen molar-refractivity contribution in [2.24, 2.45) is 0 Å². The van der Waals surface area contributed by atoms with Crippen molar-refractivity contribution in [3.63, 3.8) is 0 Å². The van der Waals surface area contributed by atoms with Gasteiger partial charge < -0.3 is 14.5 Å². The number of amides is 2. The van der Waals surface area contributed by atoms with E-state index in [-0.39, 0.29) is 17.6 Å². The highest BCUT2D eigenvalue weighted by Gasteiger charge is 2.26. The Kier molecular flexibility index (Phi) is 5.00. The number of halogens is 1. The Morgan fingerprint density at radius 1 is 0.964 bits per heavy atom. The number of ether oxygens (including phenoxy) is 1. The van der Waals surface area contributed by atoms with Gasteiger partial charge in [0.05, 0.1) is 12.0 Å². The number of thiophene rings is 1. The van der Waals surface area contributed by atoms with E-state index in [0.717, 1.165) is 4.70 Å². The molecule has 28 heavy (non-hydrogen) atoms. The molecule has 1 saturated heterocycles. The van der Waals surface area contributed by atoms with Gasteiger partial charge in [-0.2, -0.15) is 0 Å². The number of benzene rings is 2. The summed E-state index contributed by atoms with van der Waals surface area (Å²) in [6, 6.07) is 13.5. The van der Waals surface area contributed by atoms with Crippen molar-refractivity contribution in [2.45, 2.75) is 0 Å². The smallest absolute Gasteiger partial charge is 0.264 e. The number of nitrogens with zero attached hydrogens (tertiary/aromatic N) is 2. The van der Waals surface area contributed by atoms with Gasteiger partial charge in [0.15, 0.2) is 0 Å². The second-order valence-electron chi connectivity index (χ2n) is 6.58. The van der Waals surface area contributed by atoms with Crippen molar-refractivity contribution < 1.29 is 18.7 Å². The quantitative estimate of drug-likeness (QED) is 0.677. The summed E-state index contributed by atoms with van der Waals surface area (Å²) >= 11 is 1.30. The molecule has 0 spiro atoms. The lowest BCUT2D eigenvalue weighted by Gasteiger charge is -2.34. The van der Waals surface area contributed by atoms with Gasteiger partial charge in [0.25, 0.3) is 11.8 Å². The molecule has 2 heterocycles. The summed E-state index contributed by atoms with van der Waals surface area (Å²) in [5.41, 5.74) is 0.569. The molecule has 1 fully saturated rings. The molecule has 2 aromatic carbocycles. The molecule has 0 aliphatic carbocycles. The molecule has 1 aromatic heterocycles. The molecular formula is C21H19FN2O3S. The fraction of sp³-hybridized carbons (Fsp3) is 0.238. The number of hydrogen-bond donors (Lipinski definition) is 0. The maximum Gasteiger partial charge on any atom is 0.264 e. The normalized spacial score (nSPS) is 14.4. The van der Waals surface area contributed by atoms with Crippen LogP contribution in [0.15, 0.2) is 48.5 Å². The highest BCUT2D eigenvalue weighted by atomic mass is 32.1. The van der Waals surface area contributed by atoms with Crippen LogP contribution in [-0.4, -0.2) is 54.9 Å². The summed E-state index contributed by atoms with van der Waals surface area (Å²) in [5.74, 6) is 0.127. The molecule has 0 saturated carbocycles. The minimum absolute atomic E-state index is 0.0741. The van der Waals surface area contributed by atoms with Crippen LogP contribution in [0.3, 0.4) is 0 Å². The molecule has 0 N–H and O–H groups in total. The standard InChI is InChI=1S/C21H19FN2O3S/c1-27-15-5-2-4-14(12-15)20(25)23-8-10-24(11-9-23)21(26)19-13-16-17(22)6-3-7-18(16)28-19/h2-7,12-13H,8-11H2,1H3. The van der Waals surface area contributed by atoms with Crippen molar-refractivity contribution in [3.8, 4) is 5.75 Å². The number of carbonyl (C=O) groups is 2. The number of fused-ring (bicyclic) bond motifs is 1. The Bertz CT molecular complexity index is 1040. The number of rotatable bonds is 3. The molecule has 1 aliphatic rings. The Hall–Kier alpha value is -2.93. The van der Waals surface area contributed by atoms with E-state index in [1.807, 2.05) is 6.07 Å². The molecular weight excluding hydrogens is 379 g/mol. The van der Waals surface area contributed by atoms with Gasteiger partial charge in [-0.1, -0.05) is 12.1 Å². The Morgan fingerprint density at radius 3 is 2.32 bits per heavy atom. The molecule has 1 aliphatic heterocycles. The number of methoxy groups -OCH3 is 1. The first-order chi connectivity index (χ1) is 13.6. The van der Waals surface area contributed by atoms with E-state index >= 15 is 0 Å². The van der Waals surface area contributed by atoms with Gasteiger partial charge in [0, 0.05) is 41.8 Å². The predicted octanol–water partition coefficient (Wildman–Crippen LogP) is 3.65. The van der Waals surface area contributed by atoms with E-state index in [1.54, 1.807) is 53.3 Å². The predicted molar refractivity (Wildman–Crippen MR) is 107 cm³/mol. The first kappa shape index (κ1) is 18.4. The molecule has 0 unspecified atom stereocenters. The van der Waals surface area contributed by atoms with E-state index in [9.17, 15) is 14.0 Å². The molecule has 7 heteroatoms. The molecule has 0 radical (unpaired) electrons. The molecule has 3 aromatic rings. The van der Waals surface area contributed by atoms with Crippen LogP contribution < -0.4 is 4.74 Å². The third-order valence-electron chi connectivity index (χ3n) is 4.89. The van der Waals surface area contributed by atoms with Gasteiger partial charge in [0.1, 0.15) is 11.6 Å². The maximum atomic E-state index is 13.9. The van der Waals surface area contributed by atoms with Crippen LogP contribution in [0.4, 0.5) is 4.39 Å². The summed E-state index contributed by atoms with van der Waals surface area (Å²) in [6.45, 7) is 1.82. The minimum Gasteiger partial charge on any atom is -0.497 e. The molecule has 144 valence electrons. The maximum absolute atomic E-state index is 13.9. The van der Waals surface area contributed by atoms with Crippen LogP contribution in [0.5, 0.6) is 5.75 Å². The molecule has 5 nitrogen and oxygen atoms in total. The fourth-order valence-electron chi connectivity index (χ4n) is 3.34. The Balaban J connectivity index is 1.43. The lowest BCUT2D eigenvalue weighted by atomic mass is 10.1. The molecule has 4 rings (SSSR count). The highest BCUT2D eigenvalue weighted by Crippen LogP contribution is 2.28. The van der Waals surface area contributed by atoms with Gasteiger partial charge in [0.2, 0.25) is 0 Å². The van der Waals surface area contributed by atoms with E-state index in [4.69, 9.17) is 4.74 Å².